The van der Waals surface area contributed by atoms with E-state index in [1.807, 2.05) is 6.92 Å². The zero-order valence-electron chi connectivity index (χ0n) is 7.43. The molecule has 14 heavy (non-hydrogen) atoms. The van der Waals surface area contributed by atoms with Crippen molar-refractivity contribution in [1.82, 2.24) is 24.8 Å². The molecule has 7 nitrogen and oxygen atoms in total. The van der Waals surface area contributed by atoms with E-state index in [4.69, 9.17) is 0 Å². The summed E-state index contributed by atoms with van der Waals surface area (Å²) in [7, 11) is 0. The van der Waals surface area contributed by atoms with Crippen molar-refractivity contribution in [1.29, 1.82) is 0 Å². The first kappa shape index (κ1) is 8.42. The van der Waals surface area contributed by atoms with Gasteiger partial charge in [-0.1, -0.05) is 0 Å². The monoisotopic (exact) mass is 192 g/mol. The lowest BCUT2D eigenvalue weighted by Crippen LogP contribution is -2.18. The van der Waals surface area contributed by atoms with E-state index in [2.05, 4.69) is 25.5 Å². The quantitative estimate of drug-likeness (QED) is 0.672. The minimum atomic E-state index is -0.404. The highest BCUT2D eigenvalue weighted by molar-refractivity contribution is 5.39. The Balaban J connectivity index is 2.33. The van der Waals surface area contributed by atoms with Crippen LogP contribution in [-0.4, -0.2) is 24.8 Å². The van der Waals surface area contributed by atoms with Crippen LogP contribution in [0.25, 0.3) is 0 Å². The van der Waals surface area contributed by atoms with Crippen LogP contribution in [-0.2, 0) is 0 Å². The largest absolute Gasteiger partial charge is 0.346 e. The van der Waals surface area contributed by atoms with Crippen LogP contribution in [0.3, 0.4) is 0 Å². The molecule has 0 aliphatic carbocycles. The molecule has 0 radical (unpaired) electrons. The summed E-state index contributed by atoms with van der Waals surface area (Å²) < 4.78 is 0. The zero-order valence-corrected chi connectivity index (χ0v) is 7.43. The fourth-order valence-electron chi connectivity index (χ4n) is 0.954. The van der Waals surface area contributed by atoms with E-state index in [-0.39, 0.29) is 0 Å². The van der Waals surface area contributed by atoms with Gasteiger partial charge in [0.25, 0.3) is 0 Å². The predicted molar refractivity (Wildman–Crippen MR) is 48.6 cm³/mol. The van der Waals surface area contributed by atoms with Gasteiger partial charge in [-0.3, -0.25) is 10.4 Å². The number of nitrogens with zero attached hydrogens (tertiary/aromatic N) is 4. The first-order chi connectivity index (χ1) is 6.75. The van der Waals surface area contributed by atoms with Gasteiger partial charge in [0.2, 0.25) is 0 Å². The molecule has 72 valence electrons. The maximum Gasteiger partial charge on any atom is 0.346 e. The van der Waals surface area contributed by atoms with Crippen LogP contribution < -0.4 is 11.1 Å². The summed E-state index contributed by atoms with van der Waals surface area (Å²) in [6, 6.07) is 0. The minimum absolute atomic E-state index is 0.404. The summed E-state index contributed by atoms with van der Waals surface area (Å²) in [6.07, 6.45) is 4.36. The molecular weight excluding hydrogens is 184 g/mol. The van der Waals surface area contributed by atoms with Gasteiger partial charge in [0.05, 0.1) is 0 Å². The average Bonchev–Trinajstić information content (AvgIpc) is 2.64. The van der Waals surface area contributed by atoms with Crippen molar-refractivity contribution >= 4 is 5.82 Å². The summed E-state index contributed by atoms with van der Waals surface area (Å²) in [6.45, 7) is 1.82. The van der Waals surface area contributed by atoms with Gasteiger partial charge >= 0.3 is 5.69 Å². The first-order valence-electron chi connectivity index (χ1n) is 3.93. The van der Waals surface area contributed by atoms with Gasteiger partial charge < -0.3 is 0 Å². The highest BCUT2D eigenvalue weighted by Gasteiger charge is 1.99. The van der Waals surface area contributed by atoms with Crippen LogP contribution in [0.4, 0.5) is 5.82 Å². The fourth-order valence-corrected chi connectivity index (χ4v) is 0.954. The molecule has 2 aromatic heterocycles. The zero-order chi connectivity index (χ0) is 9.97. The second-order valence-corrected chi connectivity index (χ2v) is 2.70. The number of anilines is 1. The molecule has 0 amide bonds. The molecule has 2 N–H and O–H groups in total. The number of hydrogen-bond acceptors (Lipinski definition) is 5. The van der Waals surface area contributed by atoms with Crippen molar-refractivity contribution in [3.8, 4) is 0 Å². The molecule has 0 aromatic carbocycles. The molecule has 0 saturated carbocycles. The molecule has 0 aliphatic heterocycles. The number of nitrogens with one attached hydrogen (secondary N) is 2. The Hall–Kier alpha value is -2.18. The lowest BCUT2D eigenvalue weighted by Gasteiger charge is -2.06. The molecular formula is C7H8N6O. The summed E-state index contributed by atoms with van der Waals surface area (Å²) in [4.78, 5) is 22.2. The van der Waals surface area contributed by atoms with Crippen molar-refractivity contribution < 1.29 is 0 Å². The molecule has 0 bridgehead atoms. The SMILES string of the molecule is Cc1cnc(=O)[nH]c1Nn1cncn1. The van der Waals surface area contributed by atoms with Gasteiger partial charge in [0.15, 0.2) is 0 Å². The van der Waals surface area contributed by atoms with Crippen LogP contribution in [0.1, 0.15) is 5.56 Å². The highest BCUT2D eigenvalue weighted by atomic mass is 16.1. The maximum atomic E-state index is 10.9. The Bertz CT molecular complexity index is 473. The second-order valence-electron chi connectivity index (χ2n) is 2.70. The van der Waals surface area contributed by atoms with Gasteiger partial charge in [0.1, 0.15) is 18.5 Å². The third-order valence-electron chi connectivity index (χ3n) is 1.65. The summed E-state index contributed by atoms with van der Waals surface area (Å²) in [5.74, 6) is 0.551. The topological polar surface area (TPSA) is 88.5 Å². The Morgan fingerprint density at radius 1 is 1.57 bits per heavy atom. The lowest BCUT2D eigenvalue weighted by atomic mass is 10.4. The molecule has 0 aliphatic rings. The minimum Gasteiger partial charge on any atom is -0.291 e. The van der Waals surface area contributed by atoms with Gasteiger partial charge in [-0.05, 0) is 6.92 Å². The fraction of sp³-hybridized carbons (Fsp3) is 0.143. The van der Waals surface area contributed by atoms with E-state index in [9.17, 15) is 4.79 Å². The van der Waals surface area contributed by atoms with Gasteiger partial charge in [-0.25, -0.2) is 14.8 Å². The van der Waals surface area contributed by atoms with Gasteiger partial charge in [0, 0.05) is 11.8 Å². The van der Waals surface area contributed by atoms with Crippen molar-refractivity contribution in [2.75, 3.05) is 5.43 Å². The van der Waals surface area contributed by atoms with Crippen LogP contribution >= 0.6 is 0 Å². The van der Waals surface area contributed by atoms with Crippen LogP contribution in [0.5, 0.6) is 0 Å². The maximum absolute atomic E-state index is 10.9. The van der Waals surface area contributed by atoms with E-state index >= 15 is 0 Å². The van der Waals surface area contributed by atoms with E-state index in [1.165, 1.54) is 23.6 Å². The third-order valence-corrected chi connectivity index (χ3v) is 1.65. The number of hydrogen-bond donors (Lipinski definition) is 2. The van der Waals surface area contributed by atoms with Crippen molar-refractivity contribution in [2.24, 2.45) is 0 Å². The summed E-state index contributed by atoms with van der Waals surface area (Å²) in [5, 5.41) is 3.83. The standard InChI is InChI=1S/C7H8N6O/c1-5-2-9-7(14)11-6(5)12-13-4-8-3-10-13/h2-4H,1H3,(H2,9,11,12,14). The second kappa shape index (κ2) is 3.29. The first-order valence-corrected chi connectivity index (χ1v) is 3.93. The van der Waals surface area contributed by atoms with Gasteiger partial charge in [-0.15, -0.1) is 5.10 Å². The number of H-pyrrole nitrogens is 1. The predicted octanol–water partition coefficient (Wildman–Crippen LogP) is -0.455. The number of rotatable bonds is 2. The van der Waals surface area contributed by atoms with Crippen LogP contribution in [0.2, 0.25) is 0 Å². The van der Waals surface area contributed by atoms with Crippen molar-refractivity contribution in [2.45, 2.75) is 6.92 Å². The Labute approximate surface area is 78.8 Å². The smallest absolute Gasteiger partial charge is 0.291 e. The van der Waals surface area contributed by atoms with E-state index in [0.717, 1.165) is 5.56 Å². The van der Waals surface area contributed by atoms with Crippen molar-refractivity contribution in [3.63, 3.8) is 0 Å². The van der Waals surface area contributed by atoms with E-state index < -0.39 is 5.69 Å². The number of aromatic nitrogens is 5. The normalized spacial score (nSPS) is 10.1. The molecule has 2 heterocycles. The average molecular weight is 192 g/mol. The van der Waals surface area contributed by atoms with Crippen molar-refractivity contribution in [3.05, 3.63) is 34.9 Å². The molecule has 2 aromatic rings. The number of aromatic amines is 1. The third kappa shape index (κ3) is 1.60. The molecule has 0 fully saturated rings. The summed E-state index contributed by atoms with van der Waals surface area (Å²) >= 11 is 0. The summed E-state index contributed by atoms with van der Waals surface area (Å²) in [5.41, 5.74) is 3.26. The highest BCUT2D eigenvalue weighted by Crippen LogP contribution is 2.04. The Morgan fingerprint density at radius 2 is 2.43 bits per heavy atom. The molecule has 0 unspecified atom stereocenters. The van der Waals surface area contributed by atoms with Gasteiger partial charge in [-0.2, -0.15) is 4.79 Å². The Kier molecular flexibility index (Phi) is 1.98. The molecule has 0 spiro atoms. The Morgan fingerprint density at radius 3 is 3.14 bits per heavy atom. The molecule has 7 heteroatoms. The van der Waals surface area contributed by atoms with E-state index in [0.29, 0.717) is 5.82 Å². The molecule has 0 atom stereocenters. The lowest BCUT2D eigenvalue weighted by molar-refractivity contribution is 0.787. The van der Waals surface area contributed by atoms with Crippen LogP contribution in [0.15, 0.2) is 23.6 Å². The van der Waals surface area contributed by atoms with E-state index in [1.54, 1.807) is 0 Å². The molecule has 0 saturated heterocycles. The number of aryl methyl sites for hydroxylation is 1. The van der Waals surface area contributed by atoms with Crippen LogP contribution in [0, 0.1) is 6.92 Å². The molecule has 2 rings (SSSR count).